The first-order chi connectivity index (χ1) is 7.90. The van der Waals surface area contributed by atoms with E-state index in [1.165, 1.54) is 0 Å². The molecule has 0 fully saturated rings. The van der Waals surface area contributed by atoms with E-state index in [0.717, 1.165) is 29.9 Å². The molecule has 0 saturated heterocycles. The van der Waals surface area contributed by atoms with E-state index < -0.39 is 0 Å². The Balaban J connectivity index is 1.89. The van der Waals surface area contributed by atoms with Gasteiger partial charge in [-0.2, -0.15) is 0 Å². The van der Waals surface area contributed by atoms with Crippen molar-refractivity contribution >= 4 is 11.3 Å². The van der Waals surface area contributed by atoms with E-state index in [0.29, 0.717) is 0 Å². The van der Waals surface area contributed by atoms with Crippen molar-refractivity contribution in [3.05, 3.63) is 52.0 Å². The normalized spacial score (nSPS) is 10.6. The molecular weight excluding hydrogens is 220 g/mol. The molecule has 0 aliphatic carbocycles. The Kier molecular flexibility index (Phi) is 4.04. The summed E-state index contributed by atoms with van der Waals surface area (Å²) in [6.07, 6.45) is 0. The standard InChI is InChI=1S/C12H14N2OS/c15-7-11-4-2-1-3-10(11)5-13-6-12-8-16-9-14-12/h1-4,8-9,13,15H,5-7H2. The van der Waals surface area contributed by atoms with Gasteiger partial charge in [-0.05, 0) is 11.1 Å². The van der Waals surface area contributed by atoms with Crippen LogP contribution in [0.4, 0.5) is 0 Å². The van der Waals surface area contributed by atoms with Gasteiger partial charge in [0.2, 0.25) is 0 Å². The number of hydrogen-bond acceptors (Lipinski definition) is 4. The lowest BCUT2D eigenvalue weighted by molar-refractivity contribution is 0.280. The van der Waals surface area contributed by atoms with E-state index in [1.807, 2.05) is 35.2 Å². The van der Waals surface area contributed by atoms with Gasteiger partial charge >= 0.3 is 0 Å². The van der Waals surface area contributed by atoms with Crippen molar-refractivity contribution in [1.82, 2.24) is 10.3 Å². The molecule has 3 nitrogen and oxygen atoms in total. The van der Waals surface area contributed by atoms with Gasteiger partial charge in [0.15, 0.2) is 0 Å². The van der Waals surface area contributed by atoms with Crippen LogP contribution in [0.1, 0.15) is 16.8 Å². The Bertz CT molecular complexity index is 428. The smallest absolute Gasteiger partial charge is 0.0795 e. The van der Waals surface area contributed by atoms with E-state index in [4.69, 9.17) is 5.11 Å². The molecule has 0 unspecified atom stereocenters. The Morgan fingerprint density at radius 1 is 1.19 bits per heavy atom. The van der Waals surface area contributed by atoms with Gasteiger partial charge in [-0.3, -0.25) is 0 Å². The summed E-state index contributed by atoms with van der Waals surface area (Å²) in [6.45, 7) is 1.62. The second kappa shape index (κ2) is 5.75. The minimum Gasteiger partial charge on any atom is -0.392 e. The quantitative estimate of drug-likeness (QED) is 0.831. The minimum atomic E-state index is 0.0918. The maximum Gasteiger partial charge on any atom is 0.0795 e. The molecule has 16 heavy (non-hydrogen) atoms. The van der Waals surface area contributed by atoms with Gasteiger partial charge in [-0.15, -0.1) is 11.3 Å². The van der Waals surface area contributed by atoms with Gasteiger partial charge in [-0.25, -0.2) is 4.98 Å². The van der Waals surface area contributed by atoms with Crippen molar-refractivity contribution in [2.45, 2.75) is 19.7 Å². The number of hydrogen-bond donors (Lipinski definition) is 2. The minimum absolute atomic E-state index is 0.0918. The largest absolute Gasteiger partial charge is 0.392 e. The van der Waals surface area contributed by atoms with Crippen LogP contribution in [0.25, 0.3) is 0 Å². The van der Waals surface area contributed by atoms with Crippen LogP contribution in [0.3, 0.4) is 0 Å². The number of aliphatic hydroxyl groups is 1. The summed E-state index contributed by atoms with van der Waals surface area (Å²) in [7, 11) is 0. The average molecular weight is 234 g/mol. The van der Waals surface area contributed by atoms with Crippen molar-refractivity contribution in [3.8, 4) is 0 Å². The summed E-state index contributed by atoms with van der Waals surface area (Å²) >= 11 is 1.60. The Morgan fingerprint density at radius 3 is 2.69 bits per heavy atom. The third kappa shape index (κ3) is 2.88. The predicted molar refractivity (Wildman–Crippen MR) is 65.0 cm³/mol. The Labute approximate surface area is 98.8 Å². The molecule has 0 bridgehead atoms. The van der Waals surface area contributed by atoms with E-state index >= 15 is 0 Å². The summed E-state index contributed by atoms with van der Waals surface area (Å²) in [5.74, 6) is 0. The molecule has 2 rings (SSSR count). The third-order valence-electron chi connectivity index (χ3n) is 2.39. The van der Waals surface area contributed by atoms with Gasteiger partial charge in [0.1, 0.15) is 0 Å². The van der Waals surface area contributed by atoms with Crippen LogP contribution in [0.15, 0.2) is 35.2 Å². The van der Waals surface area contributed by atoms with Gasteiger partial charge in [0, 0.05) is 18.5 Å². The number of thiazole rings is 1. The van der Waals surface area contributed by atoms with Crippen molar-refractivity contribution < 1.29 is 5.11 Å². The lowest BCUT2D eigenvalue weighted by Gasteiger charge is -2.07. The fraction of sp³-hybridized carbons (Fsp3) is 0.250. The monoisotopic (exact) mass is 234 g/mol. The topological polar surface area (TPSA) is 45.1 Å². The van der Waals surface area contributed by atoms with Crippen LogP contribution in [0.2, 0.25) is 0 Å². The average Bonchev–Trinajstić information content (AvgIpc) is 2.83. The number of benzene rings is 1. The lowest BCUT2D eigenvalue weighted by Crippen LogP contribution is -2.14. The maximum absolute atomic E-state index is 9.16. The molecule has 0 aliphatic heterocycles. The van der Waals surface area contributed by atoms with Crippen molar-refractivity contribution in [1.29, 1.82) is 0 Å². The van der Waals surface area contributed by atoms with Gasteiger partial charge in [-0.1, -0.05) is 24.3 Å². The molecule has 0 saturated carbocycles. The summed E-state index contributed by atoms with van der Waals surface area (Å²) in [5, 5.41) is 14.5. The highest BCUT2D eigenvalue weighted by molar-refractivity contribution is 7.07. The molecule has 0 radical (unpaired) electrons. The van der Waals surface area contributed by atoms with Crippen LogP contribution < -0.4 is 5.32 Å². The van der Waals surface area contributed by atoms with E-state index in [2.05, 4.69) is 10.3 Å². The molecule has 4 heteroatoms. The zero-order chi connectivity index (χ0) is 11.2. The molecule has 1 aromatic carbocycles. The van der Waals surface area contributed by atoms with Crippen LogP contribution in [-0.2, 0) is 19.7 Å². The summed E-state index contributed by atoms with van der Waals surface area (Å²) in [6, 6.07) is 7.90. The first-order valence-corrected chi connectivity index (χ1v) is 6.10. The lowest BCUT2D eigenvalue weighted by atomic mass is 10.1. The Morgan fingerprint density at radius 2 is 2.00 bits per heavy atom. The third-order valence-corrected chi connectivity index (χ3v) is 3.03. The molecule has 2 aromatic rings. The van der Waals surface area contributed by atoms with E-state index in [1.54, 1.807) is 11.3 Å². The number of nitrogens with one attached hydrogen (secondary N) is 1. The predicted octanol–water partition coefficient (Wildman–Crippen LogP) is 1.93. The number of nitrogens with zero attached hydrogens (tertiary/aromatic N) is 1. The van der Waals surface area contributed by atoms with Crippen molar-refractivity contribution in [2.75, 3.05) is 0 Å². The highest BCUT2D eigenvalue weighted by Crippen LogP contribution is 2.08. The summed E-state index contributed by atoms with van der Waals surface area (Å²) in [5.41, 5.74) is 5.01. The zero-order valence-corrected chi connectivity index (χ0v) is 9.70. The maximum atomic E-state index is 9.16. The molecule has 0 spiro atoms. The van der Waals surface area contributed by atoms with Gasteiger partial charge < -0.3 is 10.4 Å². The molecular formula is C12H14N2OS. The van der Waals surface area contributed by atoms with Crippen LogP contribution in [0, 0.1) is 0 Å². The SMILES string of the molecule is OCc1ccccc1CNCc1cscn1. The highest BCUT2D eigenvalue weighted by Gasteiger charge is 2.00. The molecule has 1 heterocycles. The first kappa shape index (κ1) is 11.3. The van der Waals surface area contributed by atoms with E-state index in [9.17, 15) is 0 Å². The number of rotatable bonds is 5. The molecule has 0 aliphatic rings. The first-order valence-electron chi connectivity index (χ1n) is 5.15. The zero-order valence-electron chi connectivity index (χ0n) is 8.89. The van der Waals surface area contributed by atoms with Gasteiger partial charge in [0.05, 0.1) is 17.8 Å². The molecule has 1 aromatic heterocycles. The fourth-order valence-electron chi connectivity index (χ4n) is 1.53. The fourth-order valence-corrected chi connectivity index (χ4v) is 2.09. The van der Waals surface area contributed by atoms with Gasteiger partial charge in [0.25, 0.3) is 0 Å². The van der Waals surface area contributed by atoms with Crippen LogP contribution >= 0.6 is 11.3 Å². The highest BCUT2D eigenvalue weighted by atomic mass is 32.1. The molecule has 84 valence electrons. The second-order valence-electron chi connectivity index (χ2n) is 3.51. The Hall–Kier alpha value is -1.23. The molecule has 0 atom stereocenters. The summed E-state index contributed by atoms with van der Waals surface area (Å²) in [4.78, 5) is 4.20. The number of aliphatic hydroxyl groups excluding tert-OH is 1. The van der Waals surface area contributed by atoms with Crippen LogP contribution in [-0.4, -0.2) is 10.1 Å². The molecule has 0 amide bonds. The van der Waals surface area contributed by atoms with E-state index in [-0.39, 0.29) is 6.61 Å². The van der Waals surface area contributed by atoms with Crippen molar-refractivity contribution in [2.24, 2.45) is 0 Å². The number of aromatic nitrogens is 1. The summed E-state index contributed by atoms with van der Waals surface area (Å²) < 4.78 is 0. The molecule has 2 N–H and O–H groups in total. The van der Waals surface area contributed by atoms with Crippen LogP contribution in [0.5, 0.6) is 0 Å². The second-order valence-corrected chi connectivity index (χ2v) is 4.23. The van der Waals surface area contributed by atoms with Crippen molar-refractivity contribution in [3.63, 3.8) is 0 Å².